The summed E-state index contributed by atoms with van der Waals surface area (Å²) in [5, 5.41) is 7.06. The number of nitrogens with one attached hydrogen (secondary N) is 2. The molecular weight excluding hydrogens is 375 g/mol. The van der Waals surface area contributed by atoms with E-state index in [9.17, 15) is 9.18 Å². The van der Waals surface area contributed by atoms with Gasteiger partial charge in [-0.2, -0.15) is 0 Å². The van der Waals surface area contributed by atoms with Crippen molar-refractivity contribution in [2.45, 2.75) is 31.7 Å². The predicted molar refractivity (Wildman–Crippen MR) is 118 cm³/mol. The maximum atomic E-state index is 13.5. The second-order valence-electron chi connectivity index (χ2n) is 8.13. The van der Waals surface area contributed by atoms with Crippen LogP contribution in [0.2, 0.25) is 0 Å². The number of aryl methyl sites for hydroxylation is 1. The van der Waals surface area contributed by atoms with Gasteiger partial charge in [0.05, 0.1) is 17.4 Å². The standard InChI is InChI=1S/C26H23FN2O/c1-16-6-8-17(9-7-16)19-14-23-25(24(30)15-19)26(18-10-12-20(27)13-11-18)29-22-5-3-2-4-21(22)28-23/h2-13,19,26,28-29H,14-15H2,1H3. The number of hydrogen-bond donors (Lipinski definition) is 2. The first-order valence-corrected chi connectivity index (χ1v) is 10.3. The third-order valence-corrected chi connectivity index (χ3v) is 6.06. The molecule has 0 saturated heterocycles. The number of para-hydroxylation sites is 2. The van der Waals surface area contributed by atoms with Crippen molar-refractivity contribution >= 4 is 17.2 Å². The van der Waals surface area contributed by atoms with Crippen molar-refractivity contribution in [2.24, 2.45) is 0 Å². The van der Waals surface area contributed by atoms with E-state index < -0.39 is 0 Å². The van der Waals surface area contributed by atoms with Crippen molar-refractivity contribution in [2.75, 3.05) is 10.6 Å². The molecule has 3 nitrogen and oxygen atoms in total. The van der Waals surface area contributed by atoms with Crippen molar-refractivity contribution in [1.82, 2.24) is 0 Å². The van der Waals surface area contributed by atoms with E-state index in [1.54, 1.807) is 12.1 Å². The summed E-state index contributed by atoms with van der Waals surface area (Å²) in [6, 6.07) is 22.5. The number of benzene rings is 3. The summed E-state index contributed by atoms with van der Waals surface area (Å²) in [4.78, 5) is 13.4. The summed E-state index contributed by atoms with van der Waals surface area (Å²) in [6.45, 7) is 2.07. The number of carbonyl (C=O) groups excluding carboxylic acids is 1. The first-order valence-electron chi connectivity index (χ1n) is 10.3. The summed E-state index contributed by atoms with van der Waals surface area (Å²) < 4.78 is 13.5. The molecule has 2 aliphatic rings. The van der Waals surface area contributed by atoms with Gasteiger partial charge in [0.15, 0.2) is 5.78 Å². The lowest BCUT2D eigenvalue weighted by molar-refractivity contribution is -0.116. The molecule has 30 heavy (non-hydrogen) atoms. The number of anilines is 2. The van der Waals surface area contributed by atoms with Crippen LogP contribution in [0.3, 0.4) is 0 Å². The number of ketones is 1. The van der Waals surface area contributed by atoms with E-state index in [1.165, 1.54) is 23.3 Å². The third kappa shape index (κ3) is 3.39. The van der Waals surface area contributed by atoms with Crippen LogP contribution in [0.5, 0.6) is 0 Å². The molecule has 0 amide bonds. The van der Waals surface area contributed by atoms with Crippen molar-refractivity contribution in [1.29, 1.82) is 0 Å². The molecule has 0 aromatic heterocycles. The zero-order valence-electron chi connectivity index (χ0n) is 16.8. The number of halogens is 1. The first kappa shape index (κ1) is 18.6. The summed E-state index contributed by atoms with van der Waals surface area (Å²) >= 11 is 0. The molecule has 3 aromatic carbocycles. The van der Waals surface area contributed by atoms with Gasteiger partial charge in [0.25, 0.3) is 0 Å². The number of hydrogen-bond acceptors (Lipinski definition) is 3. The van der Waals surface area contributed by atoms with E-state index in [4.69, 9.17) is 0 Å². The van der Waals surface area contributed by atoms with Crippen LogP contribution in [-0.2, 0) is 4.79 Å². The van der Waals surface area contributed by atoms with Gasteiger partial charge < -0.3 is 10.6 Å². The van der Waals surface area contributed by atoms with Crippen LogP contribution in [0.4, 0.5) is 15.8 Å². The summed E-state index contributed by atoms with van der Waals surface area (Å²) in [5.41, 5.74) is 6.86. The molecule has 4 heteroatoms. The highest BCUT2D eigenvalue weighted by molar-refractivity contribution is 6.01. The minimum Gasteiger partial charge on any atom is -0.372 e. The summed E-state index contributed by atoms with van der Waals surface area (Å²) in [5.74, 6) is -0.0121. The van der Waals surface area contributed by atoms with Gasteiger partial charge in [-0.25, -0.2) is 4.39 Å². The van der Waals surface area contributed by atoms with Crippen LogP contribution in [-0.4, -0.2) is 5.78 Å². The number of fused-ring (bicyclic) bond motifs is 1. The smallest absolute Gasteiger partial charge is 0.163 e. The third-order valence-electron chi connectivity index (χ3n) is 6.06. The van der Waals surface area contributed by atoms with Crippen LogP contribution in [0.15, 0.2) is 84.1 Å². The lowest BCUT2D eigenvalue weighted by atomic mass is 9.78. The molecule has 2 unspecified atom stereocenters. The largest absolute Gasteiger partial charge is 0.372 e. The van der Waals surface area contributed by atoms with Gasteiger partial charge in [0.1, 0.15) is 5.82 Å². The molecule has 1 aliphatic carbocycles. The highest BCUT2D eigenvalue weighted by atomic mass is 19.1. The fraction of sp³-hybridized carbons (Fsp3) is 0.192. The highest BCUT2D eigenvalue weighted by Gasteiger charge is 2.35. The summed E-state index contributed by atoms with van der Waals surface area (Å²) in [6.07, 6.45) is 1.23. The fourth-order valence-corrected chi connectivity index (χ4v) is 4.47. The average Bonchev–Trinajstić information content (AvgIpc) is 2.91. The van der Waals surface area contributed by atoms with Crippen molar-refractivity contribution in [3.05, 3.63) is 107 Å². The van der Waals surface area contributed by atoms with Gasteiger partial charge in [0, 0.05) is 17.7 Å². The van der Waals surface area contributed by atoms with E-state index in [0.717, 1.165) is 34.6 Å². The highest BCUT2D eigenvalue weighted by Crippen LogP contribution is 2.44. The van der Waals surface area contributed by atoms with Crippen LogP contribution >= 0.6 is 0 Å². The molecular formula is C26H23FN2O. The monoisotopic (exact) mass is 398 g/mol. The molecule has 2 N–H and O–H groups in total. The van der Waals surface area contributed by atoms with Gasteiger partial charge in [-0.05, 0) is 54.7 Å². The van der Waals surface area contributed by atoms with Gasteiger partial charge in [-0.3, -0.25) is 4.79 Å². The Morgan fingerprint density at radius 1 is 0.833 bits per heavy atom. The molecule has 1 heterocycles. The van der Waals surface area contributed by atoms with Crippen LogP contribution < -0.4 is 10.6 Å². The van der Waals surface area contributed by atoms with E-state index in [-0.39, 0.29) is 23.6 Å². The average molecular weight is 398 g/mol. The quantitative estimate of drug-likeness (QED) is 0.547. The van der Waals surface area contributed by atoms with Crippen molar-refractivity contribution < 1.29 is 9.18 Å². The van der Waals surface area contributed by atoms with Gasteiger partial charge >= 0.3 is 0 Å². The maximum absolute atomic E-state index is 13.5. The van der Waals surface area contributed by atoms with Crippen LogP contribution in [0.25, 0.3) is 0 Å². The molecule has 3 aromatic rings. The Hall–Kier alpha value is -3.40. The zero-order chi connectivity index (χ0) is 20.7. The van der Waals surface area contributed by atoms with E-state index in [2.05, 4.69) is 41.8 Å². The minimum absolute atomic E-state index is 0.129. The number of allylic oxidation sites excluding steroid dienone is 1. The van der Waals surface area contributed by atoms with E-state index in [0.29, 0.717) is 6.42 Å². The Bertz CT molecular complexity index is 1130. The van der Waals surface area contributed by atoms with Gasteiger partial charge in [0.2, 0.25) is 0 Å². The van der Waals surface area contributed by atoms with Crippen LogP contribution in [0.1, 0.15) is 41.5 Å². The predicted octanol–water partition coefficient (Wildman–Crippen LogP) is 6.11. The molecule has 2 atom stereocenters. The maximum Gasteiger partial charge on any atom is 0.163 e. The Balaban J connectivity index is 1.60. The number of rotatable bonds is 2. The summed E-state index contributed by atoms with van der Waals surface area (Å²) in [7, 11) is 0. The lowest BCUT2D eigenvalue weighted by Gasteiger charge is -2.30. The normalized spacial score (nSPS) is 20.5. The topological polar surface area (TPSA) is 41.1 Å². The Kier molecular flexibility index (Phi) is 4.62. The number of carbonyl (C=O) groups is 1. The SMILES string of the molecule is Cc1ccc(C2CC(=O)C3=C(C2)Nc2ccccc2NC3c2ccc(F)cc2)cc1. The second-order valence-corrected chi connectivity index (χ2v) is 8.13. The molecule has 1 aliphatic heterocycles. The lowest BCUT2D eigenvalue weighted by Crippen LogP contribution is -2.26. The van der Waals surface area contributed by atoms with Gasteiger partial charge in [-0.1, -0.05) is 54.1 Å². The molecule has 5 rings (SSSR count). The zero-order valence-corrected chi connectivity index (χ0v) is 16.8. The number of Topliss-reactive ketones (excluding diaryl/α,β-unsaturated/α-hetero) is 1. The molecule has 0 bridgehead atoms. The van der Waals surface area contributed by atoms with E-state index in [1.807, 2.05) is 24.3 Å². The fourth-order valence-electron chi connectivity index (χ4n) is 4.47. The Morgan fingerprint density at radius 3 is 2.23 bits per heavy atom. The van der Waals surface area contributed by atoms with Crippen molar-refractivity contribution in [3.8, 4) is 0 Å². The first-order chi connectivity index (χ1) is 14.6. The molecule has 0 fully saturated rings. The minimum atomic E-state index is -0.316. The Morgan fingerprint density at radius 2 is 1.50 bits per heavy atom. The molecule has 0 spiro atoms. The van der Waals surface area contributed by atoms with Crippen molar-refractivity contribution in [3.63, 3.8) is 0 Å². The van der Waals surface area contributed by atoms with Crippen LogP contribution in [0, 0.1) is 12.7 Å². The van der Waals surface area contributed by atoms with E-state index >= 15 is 0 Å². The molecule has 0 radical (unpaired) electrons. The molecule has 150 valence electrons. The van der Waals surface area contributed by atoms with Gasteiger partial charge in [-0.15, -0.1) is 0 Å². The molecule has 0 saturated carbocycles. The second kappa shape index (κ2) is 7.45. The Labute approximate surface area is 175 Å².